The highest BCUT2D eigenvalue weighted by Crippen LogP contribution is 2.15. The van der Waals surface area contributed by atoms with Crippen LogP contribution in [0.3, 0.4) is 0 Å². The first-order chi connectivity index (χ1) is 6.52. The van der Waals surface area contributed by atoms with Gasteiger partial charge in [-0.05, 0) is 27.2 Å². The SMILES string of the molecule is CC(N)CCN1C(=O)CCN1C(C)C. The second-order valence-corrected chi connectivity index (χ2v) is 4.29. The van der Waals surface area contributed by atoms with Crippen LogP contribution in [-0.4, -0.2) is 41.1 Å². The molecule has 1 rings (SSSR count). The number of rotatable bonds is 4. The highest BCUT2D eigenvalue weighted by Gasteiger charge is 2.29. The summed E-state index contributed by atoms with van der Waals surface area (Å²) in [6, 6.07) is 0.562. The Labute approximate surface area is 86.0 Å². The summed E-state index contributed by atoms with van der Waals surface area (Å²) in [5.74, 6) is 0.236. The average Bonchev–Trinajstić information content (AvgIpc) is 2.43. The Kier molecular flexibility index (Phi) is 3.89. The summed E-state index contributed by atoms with van der Waals surface area (Å²) in [6.45, 7) is 7.80. The first kappa shape index (κ1) is 11.5. The quantitative estimate of drug-likeness (QED) is 0.720. The third kappa shape index (κ3) is 2.69. The minimum absolute atomic E-state index is 0.164. The lowest BCUT2D eigenvalue weighted by Crippen LogP contribution is -2.44. The van der Waals surface area contributed by atoms with Crippen molar-refractivity contribution in [1.29, 1.82) is 0 Å². The number of amides is 1. The lowest BCUT2D eigenvalue weighted by molar-refractivity contribution is -0.140. The number of carbonyl (C=O) groups excluding carboxylic acids is 1. The summed E-state index contributed by atoms with van der Waals surface area (Å²) in [6.07, 6.45) is 1.52. The van der Waals surface area contributed by atoms with Gasteiger partial charge in [0.25, 0.3) is 0 Å². The highest BCUT2D eigenvalue weighted by atomic mass is 16.2. The standard InChI is InChI=1S/C10H21N3O/c1-8(2)12-7-5-10(14)13(12)6-4-9(3)11/h8-9H,4-7,11H2,1-3H3. The summed E-state index contributed by atoms with van der Waals surface area (Å²) in [7, 11) is 0. The summed E-state index contributed by atoms with van der Waals surface area (Å²) in [5, 5.41) is 3.98. The maximum absolute atomic E-state index is 11.5. The topological polar surface area (TPSA) is 49.6 Å². The van der Waals surface area contributed by atoms with Gasteiger partial charge in [-0.15, -0.1) is 0 Å². The Morgan fingerprint density at radius 3 is 2.57 bits per heavy atom. The molecule has 1 amide bonds. The van der Waals surface area contributed by atoms with Crippen molar-refractivity contribution in [1.82, 2.24) is 10.0 Å². The molecule has 1 unspecified atom stereocenters. The average molecular weight is 199 g/mol. The van der Waals surface area contributed by atoms with E-state index in [4.69, 9.17) is 5.73 Å². The van der Waals surface area contributed by atoms with E-state index in [1.807, 2.05) is 11.9 Å². The fraction of sp³-hybridized carbons (Fsp3) is 0.900. The fourth-order valence-electron chi connectivity index (χ4n) is 1.72. The normalized spacial score (nSPS) is 20.9. The van der Waals surface area contributed by atoms with Crippen molar-refractivity contribution in [2.45, 2.75) is 45.7 Å². The molecule has 0 aromatic heterocycles. The van der Waals surface area contributed by atoms with Gasteiger partial charge in [-0.2, -0.15) is 0 Å². The minimum atomic E-state index is 0.164. The van der Waals surface area contributed by atoms with Crippen LogP contribution in [0, 0.1) is 0 Å². The molecule has 0 bridgehead atoms. The molecule has 1 aliphatic heterocycles. The van der Waals surface area contributed by atoms with Gasteiger partial charge in [-0.1, -0.05) is 0 Å². The van der Waals surface area contributed by atoms with Crippen LogP contribution in [0.5, 0.6) is 0 Å². The Morgan fingerprint density at radius 1 is 1.43 bits per heavy atom. The monoisotopic (exact) mass is 199 g/mol. The first-order valence-electron chi connectivity index (χ1n) is 5.35. The molecule has 1 atom stereocenters. The van der Waals surface area contributed by atoms with E-state index in [1.165, 1.54) is 0 Å². The highest BCUT2D eigenvalue weighted by molar-refractivity contribution is 5.77. The lowest BCUT2D eigenvalue weighted by Gasteiger charge is -2.31. The second-order valence-electron chi connectivity index (χ2n) is 4.29. The van der Waals surface area contributed by atoms with Crippen LogP contribution < -0.4 is 5.73 Å². The molecule has 4 nitrogen and oxygen atoms in total. The lowest BCUT2D eigenvalue weighted by atomic mass is 10.2. The number of hydrogen-bond acceptors (Lipinski definition) is 3. The third-order valence-electron chi connectivity index (χ3n) is 2.55. The van der Waals surface area contributed by atoms with Gasteiger partial charge in [-0.3, -0.25) is 9.80 Å². The number of hydrogen-bond donors (Lipinski definition) is 1. The second kappa shape index (κ2) is 4.75. The van der Waals surface area contributed by atoms with Crippen molar-refractivity contribution < 1.29 is 4.79 Å². The summed E-state index contributed by atoms with van der Waals surface area (Å²) < 4.78 is 0. The fourth-order valence-corrected chi connectivity index (χ4v) is 1.72. The van der Waals surface area contributed by atoms with Gasteiger partial charge in [0.2, 0.25) is 5.91 Å². The Balaban J connectivity index is 2.49. The van der Waals surface area contributed by atoms with E-state index in [9.17, 15) is 4.79 Å². The van der Waals surface area contributed by atoms with Gasteiger partial charge >= 0.3 is 0 Å². The molecule has 82 valence electrons. The maximum atomic E-state index is 11.5. The van der Waals surface area contributed by atoms with Gasteiger partial charge in [0, 0.05) is 31.6 Å². The molecular formula is C10H21N3O. The molecule has 0 saturated carbocycles. The van der Waals surface area contributed by atoms with Crippen LogP contribution in [0.2, 0.25) is 0 Å². The van der Waals surface area contributed by atoms with E-state index in [1.54, 1.807) is 0 Å². The summed E-state index contributed by atoms with van der Waals surface area (Å²) >= 11 is 0. The number of nitrogens with zero attached hydrogens (tertiary/aromatic N) is 2. The zero-order valence-electron chi connectivity index (χ0n) is 9.36. The predicted molar refractivity (Wildman–Crippen MR) is 56.4 cm³/mol. The molecule has 1 fully saturated rings. The van der Waals surface area contributed by atoms with Crippen LogP contribution in [0.25, 0.3) is 0 Å². The zero-order chi connectivity index (χ0) is 10.7. The van der Waals surface area contributed by atoms with Crippen molar-refractivity contribution in [3.05, 3.63) is 0 Å². The van der Waals surface area contributed by atoms with Crippen LogP contribution in [0.4, 0.5) is 0 Å². The van der Waals surface area contributed by atoms with Crippen molar-refractivity contribution in [3.63, 3.8) is 0 Å². The Hall–Kier alpha value is -0.610. The molecule has 0 aromatic carbocycles. The van der Waals surface area contributed by atoms with E-state index < -0.39 is 0 Å². The van der Waals surface area contributed by atoms with Crippen LogP contribution >= 0.6 is 0 Å². The molecular weight excluding hydrogens is 178 g/mol. The third-order valence-corrected chi connectivity index (χ3v) is 2.55. The van der Waals surface area contributed by atoms with Crippen molar-refractivity contribution in [2.75, 3.05) is 13.1 Å². The van der Waals surface area contributed by atoms with Gasteiger partial charge in [0.1, 0.15) is 0 Å². The molecule has 1 aliphatic rings. The van der Waals surface area contributed by atoms with Gasteiger partial charge in [0.05, 0.1) is 0 Å². The van der Waals surface area contributed by atoms with Crippen molar-refractivity contribution in [2.24, 2.45) is 5.73 Å². The van der Waals surface area contributed by atoms with Gasteiger partial charge in [-0.25, -0.2) is 5.01 Å². The first-order valence-corrected chi connectivity index (χ1v) is 5.35. The Morgan fingerprint density at radius 2 is 2.07 bits per heavy atom. The largest absolute Gasteiger partial charge is 0.328 e. The maximum Gasteiger partial charge on any atom is 0.238 e. The predicted octanol–water partition coefficient (Wildman–Crippen LogP) is 0.581. The molecule has 4 heteroatoms. The summed E-state index contributed by atoms with van der Waals surface area (Å²) in [5.41, 5.74) is 5.68. The minimum Gasteiger partial charge on any atom is -0.328 e. The van der Waals surface area contributed by atoms with E-state index in [-0.39, 0.29) is 11.9 Å². The number of nitrogens with two attached hydrogens (primary N) is 1. The molecule has 0 radical (unpaired) electrons. The van der Waals surface area contributed by atoms with Crippen LogP contribution in [-0.2, 0) is 4.79 Å². The molecule has 0 spiro atoms. The smallest absolute Gasteiger partial charge is 0.238 e. The molecule has 1 heterocycles. The van der Waals surface area contributed by atoms with E-state index in [0.717, 1.165) is 19.5 Å². The number of hydrazine groups is 1. The molecule has 14 heavy (non-hydrogen) atoms. The van der Waals surface area contributed by atoms with Crippen LogP contribution in [0.1, 0.15) is 33.6 Å². The molecule has 2 N–H and O–H groups in total. The van der Waals surface area contributed by atoms with E-state index >= 15 is 0 Å². The van der Waals surface area contributed by atoms with Gasteiger partial charge in [0.15, 0.2) is 0 Å². The van der Waals surface area contributed by atoms with Crippen LogP contribution in [0.15, 0.2) is 0 Å². The van der Waals surface area contributed by atoms with Crippen molar-refractivity contribution in [3.8, 4) is 0 Å². The van der Waals surface area contributed by atoms with Crippen molar-refractivity contribution >= 4 is 5.91 Å². The molecule has 0 aliphatic carbocycles. The Bertz CT molecular complexity index is 204. The van der Waals surface area contributed by atoms with E-state index in [0.29, 0.717) is 12.5 Å². The number of carbonyl (C=O) groups is 1. The van der Waals surface area contributed by atoms with E-state index in [2.05, 4.69) is 18.9 Å². The van der Waals surface area contributed by atoms with Gasteiger partial charge < -0.3 is 5.73 Å². The molecule has 1 saturated heterocycles. The summed E-state index contributed by atoms with van der Waals surface area (Å²) in [4.78, 5) is 11.5. The zero-order valence-corrected chi connectivity index (χ0v) is 9.36. The molecule has 0 aromatic rings.